The molecular formula is C18H32O4. The highest BCUT2D eigenvalue weighted by Crippen LogP contribution is 2.31. The molecule has 1 fully saturated rings. The van der Waals surface area contributed by atoms with Gasteiger partial charge in [-0.25, -0.2) is 0 Å². The van der Waals surface area contributed by atoms with E-state index in [9.17, 15) is 9.59 Å². The van der Waals surface area contributed by atoms with Crippen molar-refractivity contribution in [2.24, 2.45) is 17.8 Å². The summed E-state index contributed by atoms with van der Waals surface area (Å²) in [5.74, 6) is -0.327. The maximum absolute atomic E-state index is 12.2. The topological polar surface area (TPSA) is 52.6 Å². The molecule has 1 rings (SSSR count). The lowest BCUT2D eigenvalue weighted by Crippen LogP contribution is -2.34. The highest BCUT2D eigenvalue weighted by atomic mass is 16.5. The van der Waals surface area contributed by atoms with Gasteiger partial charge < -0.3 is 9.47 Å². The molecule has 0 spiro atoms. The Kier molecular flexibility index (Phi) is 9.17. The van der Waals surface area contributed by atoms with Gasteiger partial charge in [-0.3, -0.25) is 9.59 Å². The van der Waals surface area contributed by atoms with Gasteiger partial charge in [0.25, 0.3) is 0 Å². The van der Waals surface area contributed by atoms with Gasteiger partial charge in [0, 0.05) is 0 Å². The Balaban J connectivity index is 2.21. The third kappa shape index (κ3) is 6.80. The highest BCUT2D eigenvalue weighted by Gasteiger charge is 2.37. The molecule has 0 aromatic carbocycles. The van der Waals surface area contributed by atoms with Gasteiger partial charge in [-0.15, -0.1) is 0 Å². The summed E-state index contributed by atoms with van der Waals surface area (Å²) in [5, 5.41) is 0. The molecule has 4 heteroatoms. The van der Waals surface area contributed by atoms with E-state index in [2.05, 4.69) is 13.8 Å². The van der Waals surface area contributed by atoms with Gasteiger partial charge in [-0.2, -0.15) is 0 Å². The minimum absolute atomic E-state index is 0.211. The maximum atomic E-state index is 12.2. The lowest BCUT2D eigenvalue weighted by atomic mass is 9.79. The van der Waals surface area contributed by atoms with Crippen LogP contribution in [0.25, 0.3) is 0 Å². The molecule has 1 aliphatic rings. The first-order valence-corrected chi connectivity index (χ1v) is 8.80. The lowest BCUT2D eigenvalue weighted by molar-refractivity contribution is -0.161. The lowest BCUT2D eigenvalue weighted by Gasteiger charge is -2.27. The molecule has 1 aliphatic carbocycles. The quantitative estimate of drug-likeness (QED) is 0.475. The molecule has 0 aromatic heterocycles. The molecule has 0 N–H and O–H groups in total. The summed E-state index contributed by atoms with van der Waals surface area (Å²) in [6.07, 6.45) is 9.19. The zero-order valence-corrected chi connectivity index (χ0v) is 14.4. The molecule has 2 atom stereocenters. The molecule has 1 saturated carbocycles. The first kappa shape index (κ1) is 19.0. The van der Waals surface area contributed by atoms with Crippen LogP contribution in [0.5, 0.6) is 0 Å². The fourth-order valence-electron chi connectivity index (χ4n) is 3.13. The van der Waals surface area contributed by atoms with E-state index in [1.165, 1.54) is 26.4 Å². The van der Waals surface area contributed by atoms with E-state index in [1.54, 1.807) is 0 Å². The molecule has 0 radical (unpaired) electrons. The van der Waals surface area contributed by atoms with E-state index in [4.69, 9.17) is 9.47 Å². The summed E-state index contributed by atoms with van der Waals surface area (Å²) >= 11 is 0. The molecule has 0 aliphatic heterocycles. The molecule has 0 heterocycles. The van der Waals surface area contributed by atoms with Crippen LogP contribution >= 0.6 is 0 Å². The minimum Gasteiger partial charge on any atom is -0.469 e. The van der Waals surface area contributed by atoms with Gasteiger partial charge in [0.2, 0.25) is 0 Å². The number of methoxy groups -OCH3 is 1. The van der Waals surface area contributed by atoms with Crippen LogP contribution in [-0.2, 0) is 19.1 Å². The molecule has 4 nitrogen and oxygen atoms in total. The average molecular weight is 312 g/mol. The second-order valence-electron chi connectivity index (χ2n) is 6.78. The number of carbonyl (C=O) groups excluding carboxylic acids is 2. The summed E-state index contributed by atoms with van der Waals surface area (Å²) in [6, 6.07) is 0. The Bertz CT molecular complexity index is 338. The Labute approximate surface area is 134 Å². The number of carbonyl (C=O) groups is 2. The summed E-state index contributed by atoms with van der Waals surface area (Å²) in [7, 11) is 1.39. The van der Waals surface area contributed by atoms with Crippen molar-refractivity contribution in [3.8, 4) is 0 Å². The van der Waals surface area contributed by atoms with E-state index in [1.807, 2.05) is 0 Å². The smallest absolute Gasteiger partial charge is 0.309 e. The van der Waals surface area contributed by atoms with Crippen LogP contribution in [0.3, 0.4) is 0 Å². The van der Waals surface area contributed by atoms with Crippen LogP contribution in [0.4, 0.5) is 0 Å². The molecular weight excluding hydrogens is 280 g/mol. The van der Waals surface area contributed by atoms with Gasteiger partial charge in [-0.05, 0) is 25.2 Å². The van der Waals surface area contributed by atoms with Crippen molar-refractivity contribution in [1.82, 2.24) is 0 Å². The van der Waals surface area contributed by atoms with E-state index in [-0.39, 0.29) is 23.8 Å². The van der Waals surface area contributed by atoms with Crippen molar-refractivity contribution in [2.45, 2.75) is 71.6 Å². The molecule has 2 unspecified atom stereocenters. The highest BCUT2D eigenvalue weighted by molar-refractivity contribution is 5.82. The number of unbranched alkanes of at least 4 members (excludes halogenated alkanes) is 3. The van der Waals surface area contributed by atoms with Crippen molar-refractivity contribution in [3.63, 3.8) is 0 Å². The molecule has 0 amide bonds. The second kappa shape index (κ2) is 10.6. The average Bonchev–Trinajstić information content (AvgIpc) is 2.52. The monoisotopic (exact) mass is 312 g/mol. The second-order valence-corrected chi connectivity index (χ2v) is 6.78. The summed E-state index contributed by atoms with van der Waals surface area (Å²) in [6.45, 7) is 4.96. The number of ether oxygens (including phenoxy) is 2. The van der Waals surface area contributed by atoms with Crippen LogP contribution < -0.4 is 0 Å². The van der Waals surface area contributed by atoms with E-state index in [0.717, 1.165) is 44.4 Å². The first-order chi connectivity index (χ1) is 10.6. The van der Waals surface area contributed by atoms with Crippen LogP contribution in [0.1, 0.15) is 71.6 Å². The van der Waals surface area contributed by atoms with E-state index >= 15 is 0 Å². The van der Waals surface area contributed by atoms with Crippen molar-refractivity contribution < 1.29 is 19.1 Å². The van der Waals surface area contributed by atoms with Crippen molar-refractivity contribution in [1.29, 1.82) is 0 Å². The van der Waals surface area contributed by atoms with Crippen LogP contribution in [0, 0.1) is 17.8 Å². The Hall–Kier alpha value is -1.06. The number of hydrogen-bond donors (Lipinski definition) is 0. The first-order valence-electron chi connectivity index (χ1n) is 8.80. The van der Waals surface area contributed by atoms with Gasteiger partial charge in [0.1, 0.15) is 0 Å². The maximum Gasteiger partial charge on any atom is 0.309 e. The molecule has 0 bridgehead atoms. The third-order valence-corrected chi connectivity index (χ3v) is 4.49. The van der Waals surface area contributed by atoms with Gasteiger partial charge >= 0.3 is 11.9 Å². The molecule has 22 heavy (non-hydrogen) atoms. The Morgan fingerprint density at radius 2 is 1.55 bits per heavy atom. The predicted molar refractivity (Wildman–Crippen MR) is 86.3 cm³/mol. The summed E-state index contributed by atoms with van der Waals surface area (Å²) in [4.78, 5) is 23.9. The summed E-state index contributed by atoms with van der Waals surface area (Å²) < 4.78 is 10.2. The fourth-order valence-corrected chi connectivity index (χ4v) is 3.13. The molecule has 128 valence electrons. The van der Waals surface area contributed by atoms with Crippen LogP contribution in [-0.4, -0.2) is 25.7 Å². The SMILES string of the molecule is COC(=O)C1CCCCC1C(=O)OCCCCCCC(C)C. The minimum atomic E-state index is -0.308. The Morgan fingerprint density at radius 1 is 0.955 bits per heavy atom. The third-order valence-electron chi connectivity index (χ3n) is 4.49. The van der Waals surface area contributed by atoms with Gasteiger partial charge in [-0.1, -0.05) is 52.4 Å². The standard InChI is InChI=1S/C18H32O4/c1-14(2)10-6-4-5-9-13-22-18(20)16-12-8-7-11-15(16)17(19)21-3/h14-16H,4-13H2,1-3H3. The van der Waals surface area contributed by atoms with E-state index in [0.29, 0.717) is 6.61 Å². The number of hydrogen-bond acceptors (Lipinski definition) is 4. The van der Waals surface area contributed by atoms with Gasteiger partial charge in [0.05, 0.1) is 25.6 Å². The van der Waals surface area contributed by atoms with Crippen LogP contribution in [0.15, 0.2) is 0 Å². The zero-order valence-electron chi connectivity index (χ0n) is 14.4. The predicted octanol–water partition coefficient (Wildman–Crippen LogP) is 4.12. The van der Waals surface area contributed by atoms with Crippen molar-refractivity contribution in [3.05, 3.63) is 0 Å². The fraction of sp³-hybridized carbons (Fsp3) is 0.889. The largest absolute Gasteiger partial charge is 0.469 e. The number of esters is 2. The van der Waals surface area contributed by atoms with Crippen LogP contribution in [0.2, 0.25) is 0 Å². The zero-order chi connectivity index (χ0) is 16.4. The normalized spacial score (nSPS) is 21.6. The Morgan fingerprint density at radius 3 is 2.14 bits per heavy atom. The van der Waals surface area contributed by atoms with E-state index < -0.39 is 0 Å². The number of rotatable bonds is 9. The molecule has 0 saturated heterocycles. The van der Waals surface area contributed by atoms with Crippen molar-refractivity contribution >= 4 is 11.9 Å². The van der Waals surface area contributed by atoms with Crippen molar-refractivity contribution in [2.75, 3.05) is 13.7 Å². The van der Waals surface area contributed by atoms with Gasteiger partial charge in [0.15, 0.2) is 0 Å². The molecule has 0 aromatic rings. The summed E-state index contributed by atoms with van der Waals surface area (Å²) in [5.41, 5.74) is 0.